The molecular formula is C8H13NO2. The number of rotatable bonds is 5. The minimum atomic E-state index is -0.297. The van der Waals surface area contributed by atoms with Gasteiger partial charge in [-0.1, -0.05) is 18.2 Å². The summed E-state index contributed by atoms with van der Waals surface area (Å²) in [6, 6.07) is 0. The summed E-state index contributed by atoms with van der Waals surface area (Å²) >= 11 is 0. The lowest BCUT2D eigenvalue weighted by atomic mass is 10.1. The number of nitrogens with zero attached hydrogens (tertiary/aromatic N) is 1. The lowest BCUT2D eigenvalue weighted by Crippen LogP contribution is -2.11. The van der Waals surface area contributed by atoms with Gasteiger partial charge in [0.1, 0.15) is 0 Å². The van der Waals surface area contributed by atoms with Crippen LogP contribution in [0.2, 0.25) is 0 Å². The summed E-state index contributed by atoms with van der Waals surface area (Å²) in [5, 5.41) is 10.1. The van der Waals surface area contributed by atoms with Gasteiger partial charge in [-0.15, -0.1) is 6.58 Å². The lowest BCUT2D eigenvalue weighted by molar-refractivity contribution is -0.485. The van der Waals surface area contributed by atoms with Crippen molar-refractivity contribution in [2.75, 3.05) is 6.54 Å². The molecule has 1 atom stereocenters. The van der Waals surface area contributed by atoms with E-state index < -0.39 is 0 Å². The van der Waals surface area contributed by atoms with E-state index in [-0.39, 0.29) is 17.4 Å². The van der Waals surface area contributed by atoms with Crippen LogP contribution < -0.4 is 0 Å². The van der Waals surface area contributed by atoms with Crippen LogP contribution in [0.3, 0.4) is 0 Å². The molecule has 0 saturated heterocycles. The van der Waals surface area contributed by atoms with Crippen molar-refractivity contribution in [3.8, 4) is 0 Å². The Morgan fingerprint density at radius 2 is 2.36 bits per heavy atom. The minimum absolute atomic E-state index is 0.00361. The summed E-state index contributed by atoms with van der Waals surface area (Å²) in [6.45, 7) is 5.39. The first-order valence-corrected chi connectivity index (χ1v) is 3.56. The Hall–Kier alpha value is -1.12. The van der Waals surface area contributed by atoms with Crippen molar-refractivity contribution < 1.29 is 4.92 Å². The van der Waals surface area contributed by atoms with E-state index in [0.29, 0.717) is 6.42 Å². The van der Waals surface area contributed by atoms with Crippen molar-refractivity contribution in [1.29, 1.82) is 0 Å². The molecule has 0 aliphatic rings. The summed E-state index contributed by atoms with van der Waals surface area (Å²) in [5.41, 5.74) is 0. The highest BCUT2D eigenvalue weighted by Crippen LogP contribution is 2.05. The fourth-order valence-electron chi connectivity index (χ4n) is 0.892. The van der Waals surface area contributed by atoms with Gasteiger partial charge in [0.25, 0.3) is 0 Å². The molecule has 0 aromatic carbocycles. The fourth-order valence-corrected chi connectivity index (χ4v) is 0.892. The number of hydrogen-bond donors (Lipinski definition) is 0. The topological polar surface area (TPSA) is 43.1 Å². The molecule has 0 aliphatic heterocycles. The van der Waals surface area contributed by atoms with Crippen LogP contribution in [0.1, 0.15) is 13.3 Å². The monoisotopic (exact) mass is 155 g/mol. The SMILES string of the molecule is C=CC[C@H](/C=C/C)C[N+](=O)[O-]. The second-order valence-corrected chi connectivity index (χ2v) is 2.33. The van der Waals surface area contributed by atoms with Crippen LogP contribution in [0.15, 0.2) is 24.8 Å². The average molecular weight is 155 g/mol. The first-order chi connectivity index (χ1) is 5.20. The van der Waals surface area contributed by atoms with E-state index in [1.165, 1.54) is 0 Å². The molecule has 0 amide bonds. The molecule has 0 unspecified atom stereocenters. The van der Waals surface area contributed by atoms with Crippen LogP contribution in [0, 0.1) is 16.0 Å². The Bertz CT molecular complexity index is 163. The molecule has 0 spiro atoms. The first kappa shape index (κ1) is 9.88. The molecule has 0 aromatic rings. The average Bonchev–Trinajstić information content (AvgIpc) is 1.87. The normalized spacial score (nSPS) is 13.2. The minimum Gasteiger partial charge on any atom is -0.265 e. The predicted octanol–water partition coefficient (Wildman–Crippen LogP) is 2.03. The third kappa shape index (κ3) is 5.33. The summed E-state index contributed by atoms with van der Waals surface area (Å²) < 4.78 is 0. The maximum atomic E-state index is 10.1. The van der Waals surface area contributed by atoms with Crippen molar-refractivity contribution in [2.24, 2.45) is 5.92 Å². The summed E-state index contributed by atoms with van der Waals surface area (Å²) in [7, 11) is 0. The molecule has 0 saturated carbocycles. The zero-order valence-electron chi connectivity index (χ0n) is 6.69. The van der Waals surface area contributed by atoms with Gasteiger partial charge in [0, 0.05) is 10.8 Å². The van der Waals surface area contributed by atoms with Gasteiger partial charge in [-0.25, -0.2) is 0 Å². The van der Waals surface area contributed by atoms with Gasteiger partial charge in [-0.2, -0.15) is 0 Å². The van der Waals surface area contributed by atoms with E-state index in [4.69, 9.17) is 0 Å². The quantitative estimate of drug-likeness (QED) is 0.346. The molecule has 0 fully saturated rings. The van der Waals surface area contributed by atoms with Crippen LogP contribution in [-0.2, 0) is 0 Å². The van der Waals surface area contributed by atoms with Gasteiger partial charge >= 0.3 is 0 Å². The van der Waals surface area contributed by atoms with Crippen molar-refractivity contribution in [1.82, 2.24) is 0 Å². The largest absolute Gasteiger partial charge is 0.265 e. The zero-order chi connectivity index (χ0) is 8.69. The van der Waals surface area contributed by atoms with Gasteiger partial charge < -0.3 is 0 Å². The third-order valence-corrected chi connectivity index (χ3v) is 1.32. The van der Waals surface area contributed by atoms with Crippen LogP contribution >= 0.6 is 0 Å². The van der Waals surface area contributed by atoms with E-state index in [1.807, 2.05) is 19.1 Å². The van der Waals surface area contributed by atoms with Crippen LogP contribution in [0.25, 0.3) is 0 Å². The molecule has 0 radical (unpaired) electrons. The van der Waals surface area contributed by atoms with E-state index >= 15 is 0 Å². The molecule has 0 aromatic heterocycles. The van der Waals surface area contributed by atoms with Crippen molar-refractivity contribution in [3.05, 3.63) is 34.9 Å². The van der Waals surface area contributed by atoms with E-state index in [1.54, 1.807) is 6.08 Å². The standard InChI is InChI=1S/C8H13NO2/c1-3-5-8(6-4-2)7-9(10)11/h3-4,6,8H,1,5,7H2,2H3/b6-4+/t8-/m1/s1. The van der Waals surface area contributed by atoms with Crippen LogP contribution in [-0.4, -0.2) is 11.5 Å². The molecule has 0 rings (SSSR count). The summed E-state index contributed by atoms with van der Waals surface area (Å²) in [5.74, 6) is 0.00694. The zero-order valence-corrected chi connectivity index (χ0v) is 6.69. The maximum absolute atomic E-state index is 10.1. The van der Waals surface area contributed by atoms with Crippen molar-refractivity contribution in [3.63, 3.8) is 0 Å². The Balaban J connectivity index is 3.87. The number of allylic oxidation sites excluding steroid dienone is 2. The fraction of sp³-hybridized carbons (Fsp3) is 0.500. The Kier molecular flexibility index (Phi) is 5.07. The molecule has 11 heavy (non-hydrogen) atoms. The highest BCUT2D eigenvalue weighted by molar-refractivity contribution is 4.89. The van der Waals surface area contributed by atoms with Gasteiger partial charge in [-0.05, 0) is 13.3 Å². The highest BCUT2D eigenvalue weighted by Gasteiger charge is 2.08. The molecule has 0 heterocycles. The summed E-state index contributed by atoms with van der Waals surface area (Å²) in [6.07, 6.45) is 6.04. The maximum Gasteiger partial charge on any atom is 0.210 e. The highest BCUT2D eigenvalue weighted by atomic mass is 16.6. The third-order valence-electron chi connectivity index (χ3n) is 1.32. The van der Waals surface area contributed by atoms with E-state index in [9.17, 15) is 10.1 Å². The van der Waals surface area contributed by atoms with Gasteiger partial charge in [-0.3, -0.25) is 10.1 Å². The Morgan fingerprint density at radius 1 is 1.73 bits per heavy atom. The summed E-state index contributed by atoms with van der Waals surface area (Å²) in [4.78, 5) is 9.80. The lowest BCUT2D eigenvalue weighted by Gasteiger charge is -2.02. The Labute approximate surface area is 66.6 Å². The smallest absolute Gasteiger partial charge is 0.210 e. The first-order valence-electron chi connectivity index (χ1n) is 3.56. The molecule has 0 aliphatic carbocycles. The molecule has 3 heteroatoms. The van der Waals surface area contributed by atoms with Crippen LogP contribution in [0.5, 0.6) is 0 Å². The second-order valence-electron chi connectivity index (χ2n) is 2.33. The number of nitro groups is 1. The van der Waals surface area contributed by atoms with Crippen molar-refractivity contribution in [2.45, 2.75) is 13.3 Å². The second kappa shape index (κ2) is 5.65. The predicted molar refractivity (Wildman–Crippen MR) is 45.0 cm³/mol. The van der Waals surface area contributed by atoms with Gasteiger partial charge in [0.15, 0.2) is 0 Å². The van der Waals surface area contributed by atoms with Gasteiger partial charge in [0.2, 0.25) is 6.54 Å². The molecule has 3 nitrogen and oxygen atoms in total. The molecule has 0 N–H and O–H groups in total. The molecule has 0 bridgehead atoms. The van der Waals surface area contributed by atoms with Crippen LogP contribution in [0.4, 0.5) is 0 Å². The van der Waals surface area contributed by atoms with E-state index in [0.717, 1.165) is 0 Å². The molecular weight excluding hydrogens is 142 g/mol. The van der Waals surface area contributed by atoms with Crippen molar-refractivity contribution >= 4 is 0 Å². The van der Waals surface area contributed by atoms with Gasteiger partial charge in [0.05, 0.1) is 0 Å². The Morgan fingerprint density at radius 3 is 2.73 bits per heavy atom. The van der Waals surface area contributed by atoms with E-state index in [2.05, 4.69) is 6.58 Å². The number of hydrogen-bond acceptors (Lipinski definition) is 2. The molecule has 62 valence electrons.